The fourth-order valence-electron chi connectivity index (χ4n) is 1.19. The molecule has 5 nitrogen and oxygen atoms in total. The lowest BCUT2D eigenvalue weighted by Gasteiger charge is -2.04. The van der Waals surface area contributed by atoms with Crippen molar-refractivity contribution in [1.29, 1.82) is 5.26 Å². The highest BCUT2D eigenvalue weighted by Gasteiger charge is 2.17. The molecule has 0 atom stereocenters. The Labute approximate surface area is 113 Å². The summed E-state index contributed by atoms with van der Waals surface area (Å²) in [6, 6.07) is 7.65. The summed E-state index contributed by atoms with van der Waals surface area (Å²) in [5, 5.41) is 8.71. The monoisotopic (exact) mass is 299 g/mol. The minimum atomic E-state index is -3.71. The van der Waals surface area contributed by atoms with Gasteiger partial charge in [0, 0.05) is 6.20 Å². The van der Waals surface area contributed by atoms with Gasteiger partial charge >= 0.3 is 0 Å². The molecule has 0 aliphatic rings. The summed E-state index contributed by atoms with van der Waals surface area (Å²) < 4.78 is 26.6. The van der Waals surface area contributed by atoms with Crippen LogP contribution in [0.5, 0.6) is 0 Å². The predicted octanol–water partition coefficient (Wildman–Crippen LogP) is 2.47. The lowest BCUT2D eigenvalue weighted by molar-refractivity contribution is 0.603. The van der Waals surface area contributed by atoms with E-state index in [9.17, 15) is 8.42 Å². The van der Waals surface area contributed by atoms with Crippen molar-refractivity contribution in [3.63, 3.8) is 0 Å². The first kappa shape index (κ1) is 12.8. The van der Waals surface area contributed by atoms with Crippen LogP contribution in [0.25, 0.3) is 0 Å². The van der Waals surface area contributed by atoms with Crippen LogP contribution in [0, 0.1) is 11.3 Å². The number of hydrogen-bond acceptors (Lipinski definition) is 5. The number of nitrogens with one attached hydrogen (secondary N) is 1. The highest BCUT2D eigenvalue weighted by Crippen LogP contribution is 2.26. The number of hydrogen-bond donors (Lipinski definition) is 1. The highest BCUT2D eigenvalue weighted by atomic mass is 35.5. The number of aromatic nitrogens is 1. The minimum absolute atomic E-state index is 0.0941. The second kappa shape index (κ2) is 4.94. The molecule has 18 heavy (non-hydrogen) atoms. The lowest BCUT2D eigenvalue weighted by Crippen LogP contribution is -2.12. The number of halogens is 1. The Bertz CT molecular complexity index is 719. The zero-order valence-electron chi connectivity index (χ0n) is 8.79. The van der Waals surface area contributed by atoms with Crippen molar-refractivity contribution in [3.8, 4) is 6.07 Å². The fraction of sp³-hybridized carbons (Fsp3) is 0. The van der Waals surface area contributed by atoms with Crippen LogP contribution >= 0.6 is 22.9 Å². The Hall–Kier alpha value is -1.62. The molecule has 0 amide bonds. The van der Waals surface area contributed by atoms with Crippen LogP contribution in [-0.2, 0) is 10.0 Å². The highest BCUT2D eigenvalue weighted by molar-refractivity contribution is 7.94. The molecule has 0 radical (unpaired) electrons. The van der Waals surface area contributed by atoms with E-state index in [0.29, 0.717) is 9.90 Å². The molecule has 8 heteroatoms. The van der Waals surface area contributed by atoms with Gasteiger partial charge in [-0.2, -0.15) is 5.26 Å². The molecule has 2 rings (SSSR count). The Morgan fingerprint density at radius 3 is 2.78 bits per heavy atom. The van der Waals surface area contributed by atoms with Crippen LogP contribution in [0.4, 0.5) is 5.82 Å². The van der Waals surface area contributed by atoms with E-state index in [0.717, 1.165) is 11.3 Å². The molecule has 0 saturated carbocycles. The number of anilines is 1. The van der Waals surface area contributed by atoms with Gasteiger partial charge < -0.3 is 0 Å². The summed E-state index contributed by atoms with van der Waals surface area (Å²) in [4.78, 5) is 3.84. The summed E-state index contributed by atoms with van der Waals surface area (Å²) in [6.07, 6.45) is 1.36. The summed E-state index contributed by atoms with van der Waals surface area (Å²) in [5.41, 5.74) is 0.326. The van der Waals surface area contributed by atoms with Gasteiger partial charge in [-0.15, -0.1) is 11.3 Å². The van der Waals surface area contributed by atoms with Gasteiger partial charge in [-0.05, 0) is 24.3 Å². The van der Waals surface area contributed by atoms with Gasteiger partial charge in [0.15, 0.2) is 0 Å². The number of rotatable bonds is 3. The van der Waals surface area contributed by atoms with Crippen LogP contribution in [0.1, 0.15) is 5.56 Å². The average Bonchev–Trinajstić information content (AvgIpc) is 2.76. The van der Waals surface area contributed by atoms with E-state index in [-0.39, 0.29) is 10.0 Å². The first-order valence-electron chi connectivity index (χ1n) is 4.65. The molecular formula is C10H6ClN3O2S2. The fourth-order valence-corrected chi connectivity index (χ4v) is 3.67. The molecule has 0 bridgehead atoms. The molecule has 0 aromatic carbocycles. The third-order valence-corrected chi connectivity index (χ3v) is 5.02. The smallest absolute Gasteiger partial charge is 0.263 e. The maximum Gasteiger partial charge on any atom is 0.272 e. The van der Waals surface area contributed by atoms with Crippen molar-refractivity contribution in [1.82, 2.24) is 4.98 Å². The molecule has 0 aliphatic carbocycles. The van der Waals surface area contributed by atoms with Gasteiger partial charge in [0.1, 0.15) is 10.0 Å². The van der Waals surface area contributed by atoms with E-state index in [1.54, 1.807) is 0 Å². The van der Waals surface area contributed by atoms with Gasteiger partial charge in [0.25, 0.3) is 10.0 Å². The summed E-state index contributed by atoms with van der Waals surface area (Å²) in [6.45, 7) is 0. The molecule has 0 unspecified atom stereocenters. The largest absolute Gasteiger partial charge is 0.272 e. The molecule has 0 spiro atoms. The Morgan fingerprint density at radius 1 is 1.39 bits per heavy atom. The standard InChI is InChI=1S/C10H6ClN3O2S2/c11-8-1-2-10(17-8)18(15,16)14-9-5-7(6-12)3-4-13-9/h1-5H,(H,13,14). The molecular weight excluding hydrogens is 294 g/mol. The van der Waals surface area contributed by atoms with Gasteiger partial charge in [-0.3, -0.25) is 4.72 Å². The third-order valence-electron chi connectivity index (χ3n) is 1.94. The number of sulfonamides is 1. The van der Waals surface area contributed by atoms with E-state index in [2.05, 4.69) is 9.71 Å². The summed E-state index contributed by atoms with van der Waals surface area (Å²) >= 11 is 6.63. The molecule has 2 heterocycles. The second-order valence-corrected chi connectivity index (χ2v) is 6.83. The Balaban J connectivity index is 2.31. The summed E-state index contributed by atoms with van der Waals surface area (Å²) in [5.74, 6) is 0.0959. The van der Waals surface area contributed by atoms with Crippen molar-refractivity contribution in [2.45, 2.75) is 4.21 Å². The normalized spacial score (nSPS) is 10.9. The SMILES string of the molecule is N#Cc1ccnc(NS(=O)(=O)c2ccc(Cl)s2)c1. The van der Waals surface area contributed by atoms with Crippen molar-refractivity contribution < 1.29 is 8.42 Å². The van der Waals surface area contributed by atoms with Crippen molar-refractivity contribution in [3.05, 3.63) is 40.4 Å². The van der Waals surface area contributed by atoms with Gasteiger partial charge in [-0.25, -0.2) is 13.4 Å². The first-order valence-corrected chi connectivity index (χ1v) is 7.33. The Morgan fingerprint density at radius 2 is 2.17 bits per heavy atom. The molecule has 0 fully saturated rings. The van der Waals surface area contributed by atoms with Crippen LogP contribution < -0.4 is 4.72 Å². The van der Waals surface area contributed by atoms with Gasteiger partial charge in [0.05, 0.1) is 16.0 Å². The number of nitrogens with zero attached hydrogens (tertiary/aromatic N) is 2. The topological polar surface area (TPSA) is 82.8 Å². The molecule has 92 valence electrons. The van der Waals surface area contributed by atoms with E-state index < -0.39 is 10.0 Å². The van der Waals surface area contributed by atoms with Crippen molar-refractivity contribution >= 4 is 38.8 Å². The van der Waals surface area contributed by atoms with E-state index in [1.165, 1.54) is 30.5 Å². The first-order chi connectivity index (χ1) is 8.51. The second-order valence-electron chi connectivity index (χ2n) is 3.21. The zero-order valence-corrected chi connectivity index (χ0v) is 11.2. The van der Waals surface area contributed by atoms with Crippen molar-refractivity contribution in [2.24, 2.45) is 0 Å². The summed E-state index contributed by atoms with van der Waals surface area (Å²) in [7, 11) is -3.71. The van der Waals surface area contributed by atoms with E-state index in [4.69, 9.17) is 16.9 Å². The minimum Gasteiger partial charge on any atom is -0.263 e. The molecule has 0 saturated heterocycles. The van der Waals surface area contributed by atoms with Gasteiger partial charge in [0.2, 0.25) is 0 Å². The molecule has 2 aromatic heterocycles. The average molecular weight is 300 g/mol. The number of nitriles is 1. The lowest BCUT2D eigenvalue weighted by atomic mass is 10.3. The van der Waals surface area contributed by atoms with Crippen molar-refractivity contribution in [2.75, 3.05) is 4.72 Å². The van der Waals surface area contributed by atoms with E-state index >= 15 is 0 Å². The third kappa shape index (κ3) is 2.79. The van der Waals surface area contributed by atoms with E-state index in [1.807, 2.05) is 6.07 Å². The van der Waals surface area contributed by atoms with Gasteiger partial charge in [-0.1, -0.05) is 11.6 Å². The quantitative estimate of drug-likeness (QED) is 0.943. The molecule has 1 N–H and O–H groups in total. The Kier molecular flexibility index (Phi) is 3.52. The predicted molar refractivity (Wildman–Crippen MR) is 69.1 cm³/mol. The van der Waals surface area contributed by atoms with Crippen LogP contribution in [-0.4, -0.2) is 13.4 Å². The maximum absolute atomic E-state index is 11.9. The molecule has 0 aliphatic heterocycles. The number of pyridine rings is 1. The zero-order chi connectivity index (χ0) is 13.2. The maximum atomic E-state index is 11.9. The van der Waals surface area contributed by atoms with Crippen LogP contribution in [0.3, 0.4) is 0 Å². The van der Waals surface area contributed by atoms with Crippen LogP contribution in [0.2, 0.25) is 4.34 Å². The van der Waals surface area contributed by atoms with Crippen LogP contribution in [0.15, 0.2) is 34.7 Å². The molecule has 2 aromatic rings. The number of thiophene rings is 1.